The highest BCUT2D eigenvalue weighted by Gasteiger charge is 2.25. The second kappa shape index (κ2) is 6.74. The molecule has 0 fully saturated rings. The average Bonchev–Trinajstić information content (AvgIpc) is 2.33. The van der Waals surface area contributed by atoms with Crippen LogP contribution in [-0.2, 0) is 14.3 Å². The van der Waals surface area contributed by atoms with Crippen LogP contribution in [-0.4, -0.2) is 18.5 Å². The third-order valence-electron chi connectivity index (χ3n) is 2.41. The fourth-order valence-electron chi connectivity index (χ4n) is 1.46. The topological polar surface area (TPSA) is 55.4 Å². The van der Waals surface area contributed by atoms with Crippen molar-refractivity contribution >= 4 is 17.6 Å². The van der Waals surface area contributed by atoms with Gasteiger partial charge in [-0.05, 0) is 37.6 Å². The Hall–Kier alpha value is -1.91. The molecule has 18 heavy (non-hydrogen) atoms. The summed E-state index contributed by atoms with van der Waals surface area (Å²) in [5.41, 5.74) is 0.448. The second-order valence-electron chi connectivity index (χ2n) is 3.71. The molecule has 0 saturated heterocycles. The van der Waals surface area contributed by atoms with Crippen LogP contribution >= 0.6 is 0 Å². The third-order valence-corrected chi connectivity index (χ3v) is 2.41. The first-order valence-electron chi connectivity index (χ1n) is 5.81. The van der Waals surface area contributed by atoms with Crippen molar-refractivity contribution in [2.45, 2.75) is 20.3 Å². The van der Waals surface area contributed by atoms with Gasteiger partial charge in [0.15, 0.2) is 0 Å². The van der Waals surface area contributed by atoms with E-state index in [9.17, 15) is 14.0 Å². The van der Waals surface area contributed by atoms with Crippen molar-refractivity contribution in [2.75, 3.05) is 11.9 Å². The Morgan fingerprint density at radius 2 is 1.89 bits per heavy atom. The Kier molecular flexibility index (Phi) is 5.30. The summed E-state index contributed by atoms with van der Waals surface area (Å²) in [6.45, 7) is 3.65. The van der Waals surface area contributed by atoms with Gasteiger partial charge in [-0.25, -0.2) is 4.39 Å². The maximum Gasteiger partial charge on any atom is 0.318 e. The molecule has 1 N–H and O–H groups in total. The molecule has 4 nitrogen and oxygen atoms in total. The average molecular weight is 253 g/mol. The number of anilines is 1. The van der Waals surface area contributed by atoms with E-state index in [1.165, 1.54) is 24.3 Å². The Morgan fingerprint density at radius 1 is 1.28 bits per heavy atom. The summed E-state index contributed by atoms with van der Waals surface area (Å²) in [6, 6.07) is 5.35. The first kappa shape index (κ1) is 14.2. The van der Waals surface area contributed by atoms with Crippen molar-refractivity contribution in [3.8, 4) is 0 Å². The lowest BCUT2D eigenvalue weighted by Crippen LogP contribution is -2.30. The quantitative estimate of drug-likeness (QED) is 0.647. The molecule has 0 saturated carbocycles. The number of halogens is 1. The number of hydrogen-bond acceptors (Lipinski definition) is 3. The predicted molar refractivity (Wildman–Crippen MR) is 65.4 cm³/mol. The second-order valence-corrected chi connectivity index (χ2v) is 3.71. The molecule has 1 atom stereocenters. The van der Waals surface area contributed by atoms with Crippen LogP contribution in [0.5, 0.6) is 0 Å². The molecule has 0 aliphatic heterocycles. The summed E-state index contributed by atoms with van der Waals surface area (Å²) in [7, 11) is 0. The van der Waals surface area contributed by atoms with E-state index < -0.39 is 17.8 Å². The number of rotatable bonds is 5. The van der Waals surface area contributed by atoms with Crippen LogP contribution in [0.25, 0.3) is 0 Å². The van der Waals surface area contributed by atoms with Gasteiger partial charge in [0.1, 0.15) is 11.7 Å². The van der Waals surface area contributed by atoms with Crippen molar-refractivity contribution in [1.29, 1.82) is 0 Å². The van der Waals surface area contributed by atoms with Crippen molar-refractivity contribution in [3.05, 3.63) is 30.1 Å². The van der Waals surface area contributed by atoms with E-state index in [1.807, 2.05) is 0 Å². The molecule has 0 aliphatic rings. The number of amides is 1. The van der Waals surface area contributed by atoms with Gasteiger partial charge in [0.2, 0.25) is 5.91 Å². The highest BCUT2D eigenvalue weighted by atomic mass is 19.1. The zero-order valence-corrected chi connectivity index (χ0v) is 10.4. The molecule has 98 valence electrons. The first-order valence-corrected chi connectivity index (χ1v) is 5.81. The van der Waals surface area contributed by atoms with Crippen molar-refractivity contribution in [3.63, 3.8) is 0 Å². The van der Waals surface area contributed by atoms with Gasteiger partial charge in [0.05, 0.1) is 6.61 Å². The lowest BCUT2D eigenvalue weighted by Gasteiger charge is -2.13. The minimum absolute atomic E-state index is 0.235. The van der Waals surface area contributed by atoms with Gasteiger partial charge < -0.3 is 10.1 Å². The Bertz CT molecular complexity index is 417. The highest BCUT2D eigenvalue weighted by Crippen LogP contribution is 2.13. The van der Waals surface area contributed by atoms with Gasteiger partial charge >= 0.3 is 5.97 Å². The molecular formula is C13H16FNO3. The van der Waals surface area contributed by atoms with Crippen LogP contribution in [0.1, 0.15) is 20.3 Å². The Balaban J connectivity index is 2.67. The fourth-order valence-corrected chi connectivity index (χ4v) is 1.46. The van der Waals surface area contributed by atoms with Crippen LogP contribution in [0, 0.1) is 11.7 Å². The number of hydrogen-bond donors (Lipinski definition) is 1. The van der Waals surface area contributed by atoms with E-state index in [4.69, 9.17) is 4.74 Å². The molecule has 0 aliphatic carbocycles. The standard InChI is InChI=1S/C13H16FNO3/c1-3-11(13(17)18-4-2)12(16)15-10-7-5-9(14)6-8-10/h5-8,11H,3-4H2,1-2H3,(H,15,16)/t11-/m0/s1. The molecular weight excluding hydrogens is 237 g/mol. The van der Waals surface area contributed by atoms with Gasteiger partial charge in [-0.3, -0.25) is 9.59 Å². The van der Waals surface area contributed by atoms with Crippen molar-refractivity contribution < 1.29 is 18.7 Å². The highest BCUT2D eigenvalue weighted by molar-refractivity contribution is 6.04. The predicted octanol–water partition coefficient (Wildman–Crippen LogP) is 2.35. The monoisotopic (exact) mass is 253 g/mol. The molecule has 0 heterocycles. The lowest BCUT2D eigenvalue weighted by atomic mass is 10.1. The van der Waals surface area contributed by atoms with E-state index in [1.54, 1.807) is 13.8 Å². The summed E-state index contributed by atoms with van der Waals surface area (Å²) >= 11 is 0. The molecule has 1 rings (SSSR count). The van der Waals surface area contributed by atoms with Crippen molar-refractivity contribution in [2.24, 2.45) is 5.92 Å². The van der Waals surface area contributed by atoms with Crippen LogP contribution < -0.4 is 5.32 Å². The van der Waals surface area contributed by atoms with Gasteiger partial charge in [0.25, 0.3) is 0 Å². The van der Waals surface area contributed by atoms with E-state index in [-0.39, 0.29) is 12.4 Å². The van der Waals surface area contributed by atoms with Crippen LogP contribution in [0.15, 0.2) is 24.3 Å². The van der Waals surface area contributed by atoms with E-state index in [2.05, 4.69) is 5.32 Å². The van der Waals surface area contributed by atoms with E-state index >= 15 is 0 Å². The van der Waals surface area contributed by atoms with Crippen LogP contribution in [0.2, 0.25) is 0 Å². The minimum Gasteiger partial charge on any atom is -0.465 e. The lowest BCUT2D eigenvalue weighted by molar-refractivity contribution is -0.151. The summed E-state index contributed by atoms with van der Waals surface area (Å²) in [5, 5.41) is 2.55. The molecule has 0 aromatic heterocycles. The van der Waals surface area contributed by atoms with E-state index in [0.29, 0.717) is 12.1 Å². The minimum atomic E-state index is -0.838. The number of carbonyl (C=O) groups is 2. The molecule has 0 bridgehead atoms. The molecule has 0 radical (unpaired) electrons. The number of esters is 1. The summed E-state index contributed by atoms with van der Waals surface area (Å²) in [6.07, 6.45) is 0.353. The fraction of sp³-hybridized carbons (Fsp3) is 0.385. The largest absolute Gasteiger partial charge is 0.465 e. The molecule has 5 heteroatoms. The van der Waals surface area contributed by atoms with Gasteiger partial charge in [-0.2, -0.15) is 0 Å². The van der Waals surface area contributed by atoms with Crippen molar-refractivity contribution in [1.82, 2.24) is 0 Å². The zero-order chi connectivity index (χ0) is 13.5. The third kappa shape index (κ3) is 3.84. The first-order chi connectivity index (χ1) is 8.58. The SMILES string of the molecule is CCOC(=O)[C@@H](CC)C(=O)Nc1ccc(F)cc1. The molecule has 1 amide bonds. The van der Waals surface area contributed by atoms with Gasteiger partial charge in [0, 0.05) is 5.69 Å². The van der Waals surface area contributed by atoms with Gasteiger partial charge in [-0.15, -0.1) is 0 Å². The number of benzene rings is 1. The maximum absolute atomic E-state index is 12.7. The molecule has 0 unspecified atom stereocenters. The molecule has 1 aromatic carbocycles. The Morgan fingerprint density at radius 3 is 2.39 bits per heavy atom. The van der Waals surface area contributed by atoms with Gasteiger partial charge in [-0.1, -0.05) is 6.92 Å². The zero-order valence-electron chi connectivity index (χ0n) is 10.4. The summed E-state index contributed by atoms with van der Waals surface area (Å²) in [4.78, 5) is 23.4. The molecule has 1 aromatic rings. The van der Waals surface area contributed by atoms with Crippen LogP contribution in [0.3, 0.4) is 0 Å². The number of ether oxygens (including phenoxy) is 1. The summed E-state index contributed by atoms with van der Waals surface area (Å²) in [5.74, 6) is -2.21. The number of carbonyl (C=O) groups excluding carboxylic acids is 2. The Labute approximate surface area is 105 Å². The number of nitrogens with one attached hydrogen (secondary N) is 1. The van der Waals surface area contributed by atoms with E-state index in [0.717, 1.165) is 0 Å². The summed E-state index contributed by atoms with van der Waals surface area (Å²) < 4.78 is 17.5. The normalized spacial score (nSPS) is 11.7. The molecule has 0 spiro atoms. The maximum atomic E-state index is 12.7. The van der Waals surface area contributed by atoms with Crippen LogP contribution in [0.4, 0.5) is 10.1 Å². The smallest absolute Gasteiger partial charge is 0.318 e.